The van der Waals surface area contributed by atoms with Gasteiger partial charge in [0.1, 0.15) is 11.1 Å². The van der Waals surface area contributed by atoms with Crippen LogP contribution in [0.4, 0.5) is 4.79 Å². The number of amides is 1. The first-order valence-corrected chi connectivity index (χ1v) is 5.73. The summed E-state index contributed by atoms with van der Waals surface area (Å²) < 4.78 is 10.3. The molecule has 0 atom stereocenters. The Balaban J connectivity index is 1.95. The Kier molecular flexibility index (Phi) is 3.23. The number of fused-ring (bicyclic) bond motifs is 1. The molecule has 0 aliphatic rings. The highest BCUT2D eigenvalue weighted by molar-refractivity contribution is 5.73. The normalized spacial score (nSPS) is 11.5. The lowest BCUT2D eigenvalue weighted by molar-refractivity contribution is 0.0523. The second-order valence-electron chi connectivity index (χ2n) is 5.01. The lowest BCUT2D eigenvalue weighted by Crippen LogP contribution is -2.32. The van der Waals surface area contributed by atoms with Gasteiger partial charge in [0.25, 0.3) is 0 Å². The molecule has 1 amide bonds. The number of ether oxygens (including phenoxy) is 1. The van der Waals surface area contributed by atoms with Crippen LogP contribution < -0.4 is 5.32 Å². The van der Waals surface area contributed by atoms with Crippen molar-refractivity contribution < 1.29 is 13.9 Å². The van der Waals surface area contributed by atoms with Crippen molar-refractivity contribution in [1.82, 2.24) is 10.3 Å². The number of carbonyl (C=O) groups excluding carboxylic acids is 1. The summed E-state index contributed by atoms with van der Waals surface area (Å²) in [6.07, 6.45) is 0.971. The number of carbonyl (C=O) groups is 1. The van der Waals surface area contributed by atoms with Gasteiger partial charge >= 0.3 is 6.09 Å². The smallest absolute Gasteiger partial charge is 0.407 e. The van der Waals surface area contributed by atoms with Crippen molar-refractivity contribution in [2.75, 3.05) is 0 Å². The summed E-state index contributed by atoms with van der Waals surface area (Å²) in [7, 11) is 0. The number of benzene rings is 1. The molecule has 1 aromatic heterocycles. The molecule has 0 unspecified atom stereocenters. The Morgan fingerprint density at radius 1 is 1.44 bits per heavy atom. The molecule has 0 saturated carbocycles. The maximum absolute atomic E-state index is 11.5. The third-order valence-corrected chi connectivity index (χ3v) is 2.23. The molecule has 5 heteroatoms. The van der Waals surface area contributed by atoms with Crippen LogP contribution in [-0.4, -0.2) is 16.7 Å². The van der Waals surface area contributed by atoms with Crippen LogP contribution in [-0.2, 0) is 11.3 Å². The van der Waals surface area contributed by atoms with Crippen molar-refractivity contribution >= 4 is 17.2 Å². The topological polar surface area (TPSA) is 64.4 Å². The van der Waals surface area contributed by atoms with Crippen LogP contribution in [0.3, 0.4) is 0 Å². The molecule has 18 heavy (non-hydrogen) atoms. The average Bonchev–Trinajstić information content (AvgIpc) is 2.71. The minimum atomic E-state index is -0.486. The standard InChI is InChI=1S/C13H16N2O3/c1-13(2,3)18-12(16)14-7-9-4-5-11-10(6-9)15-8-17-11/h4-6,8H,7H2,1-3H3,(H,14,16). The molecule has 0 radical (unpaired) electrons. The molecule has 0 fully saturated rings. The van der Waals surface area contributed by atoms with Crippen LogP contribution >= 0.6 is 0 Å². The molecule has 1 N–H and O–H groups in total. The molecule has 96 valence electrons. The van der Waals surface area contributed by atoms with Gasteiger partial charge in [0.15, 0.2) is 12.0 Å². The lowest BCUT2D eigenvalue weighted by atomic mass is 10.2. The number of aromatic nitrogens is 1. The van der Waals surface area contributed by atoms with Crippen LogP contribution in [0.25, 0.3) is 11.1 Å². The zero-order chi connectivity index (χ0) is 13.2. The van der Waals surface area contributed by atoms with Gasteiger partial charge in [0.2, 0.25) is 0 Å². The molecular weight excluding hydrogens is 232 g/mol. The number of nitrogens with one attached hydrogen (secondary N) is 1. The van der Waals surface area contributed by atoms with Crippen LogP contribution in [0, 0.1) is 0 Å². The van der Waals surface area contributed by atoms with Crippen molar-refractivity contribution in [1.29, 1.82) is 0 Å². The maximum Gasteiger partial charge on any atom is 0.407 e. The van der Waals surface area contributed by atoms with Gasteiger partial charge in [-0.15, -0.1) is 0 Å². The first-order chi connectivity index (χ1) is 8.44. The summed E-state index contributed by atoms with van der Waals surface area (Å²) in [6.45, 7) is 5.88. The molecule has 0 aliphatic carbocycles. The van der Waals surface area contributed by atoms with Crippen LogP contribution in [0.15, 0.2) is 29.0 Å². The number of nitrogens with zero attached hydrogens (tertiary/aromatic N) is 1. The highest BCUT2D eigenvalue weighted by Gasteiger charge is 2.15. The fourth-order valence-corrected chi connectivity index (χ4v) is 1.50. The van der Waals surface area contributed by atoms with E-state index >= 15 is 0 Å². The highest BCUT2D eigenvalue weighted by atomic mass is 16.6. The van der Waals surface area contributed by atoms with Crippen molar-refractivity contribution in [3.63, 3.8) is 0 Å². The summed E-state index contributed by atoms with van der Waals surface area (Å²) in [5.74, 6) is 0. The molecule has 2 aromatic rings. The molecule has 0 saturated heterocycles. The Hall–Kier alpha value is -2.04. The zero-order valence-electron chi connectivity index (χ0n) is 10.7. The second-order valence-corrected chi connectivity index (χ2v) is 5.01. The summed E-state index contributed by atoms with van der Waals surface area (Å²) in [4.78, 5) is 15.5. The Morgan fingerprint density at radius 2 is 2.22 bits per heavy atom. The van der Waals surface area contributed by atoms with Gasteiger partial charge in [-0.1, -0.05) is 6.07 Å². The van der Waals surface area contributed by atoms with E-state index in [-0.39, 0.29) is 0 Å². The fourth-order valence-electron chi connectivity index (χ4n) is 1.50. The predicted octanol–water partition coefficient (Wildman–Crippen LogP) is 2.85. The van der Waals surface area contributed by atoms with Gasteiger partial charge in [-0.3, -0.25) is 0 Å². The van der Waals surface area contributed by atoms with Gasteiger partial charge in [-0.2, -0.15) is 0 Å². The van der Waals surface area contributed by atoms with Crippen molar-refractivity contribution in [3.05, 3.63) is 30.2 Å². The van der Waals surface area contributed by atoms with E-state index in [0.29, 0.717) is 6.54 Å². The van der Waals surface area contributed by atoms with Gasteiger partial charge in [0, 0.05) is 6.54 Å². The molecule has 1 heterocycles. The monoisotopic (exact) mass is 248 g/mol. The third-order valence-electron chi connectivity index (χ3n) is 2.23. The molecule has 0 aliphatic heterocycles. The predicted molar refractivity (Wildman–Crippen MR) is 67.1 cm³/mol. The Morgan fingerprint density at radius 3 is 2.94 bits per heavy atom. The fraction of sp³-hybridized carbons (Fsp3) is 0.385. The number of hydrogen-bond acceptors (Lipinski definition) is 4. The van der Waals surface area contributed by atoms with E-state index in [0.717, 1.165) is 16.7 Å². The summed E-state index contributed by atoms with van der Waals surface area (Å²) in [5, 5.41) is 2.69. The van der Waals surface area contributed by atoms with E-state index in [1.807, 2.05) is 39.0 Å². The van der Waals surface area contributed by atoms with E-state index in [1.165, 1.54) is 6.39 Å². The molecular formula is C13H16N2O3. The van der Waals surface area contributed by atoms with Crippen molar-refractivity contribution in [3.8, 4) is 0 Å². The van der Waals surface area contributed by atoms with Gasteiger partial charge in [-0.05, 0) is 38.5 Å². The first kappa shape index (κ1) is 12.4. The number of rotatable bonds is 2. The van der Waals surface area contributed by atoms with E-state index in [2.05, 4.69) is 10.3 Å². The lowest BCUT2D eigenvalue weighted by Gasteiger charge is -2.19. The molecule has 0 spiro atoms. The molecule has 0 bridgehead atoms. The second kappa shape index (κ2) is 4.68. The minimum Gasteiger partial charge on any atom is -0.444 e. The van der Waals surface area contributed by atoms with Gasteiger partial charge < -0.3 is 14.5 Å². The Bertz CT molecular complexity index is 555. The zero-order valence-corrected chi connectivity index (χ0v) is 10.7. The van der Waals surface area contributed by atoms with E-state index in [1.54, 1.807) is 0 Å². The SMILES string of the molecule is CC(C)(C)OC(=O)NCc1ccc2ocnc2c1. The van der Waals surface area contributed by atoms with Crippen LogP contribution in [0.2, 0.25) is 0 Å². The number of hydrogen-bond donors (Lipinski definition) is 1. The van der Waals surface area contributed by atoms with Crippen molar-refractivity contribution in [2.45, 2.75) is 32.9 Å². The number of alkyl carbamates (subject to hydrolysis) is 1. The highest BCUT2D eigenvalue weighted by Crippen LogP contribution is 2.14. The quantitative estimate of drug-likeness (QED) is 0.887. The van der Waals surface area contributed by atoms with E-state index in [4.69, 9.17) is 9.15 Å². The van der Waals surface area contributed by atoms with Crippen LogP contribution in [0.1, 0.15) is 26.3 Å². The maximum atomic E-state index is 11.5. The molecule has 2 rings (SSSR count). The minimum absolute atomic E-state index is 0.401. The van der Waals surface area contributed by atoms with E-state index < -0.39 is 11.7 Å². The third kappa shape index (κ3) is 3.23. The molecule has 1 aromatic carbocycles. The van der Waals surface area contributed by atoms with E-state index in [9.17, 15) is 4.79 Å². The summed E-state index contributed by atoms with van der Waals surface area (Å²) in [6, 6.07) is 5.58. The van der Waals surface area contributed by atoms with Gasteiger partial charge in [-0.25, -0.2) is 9.78 Å². The largest absolute Gasteiger partial charge is 0.444 e. The number of oxazole rings is 1. The van der Waals surface area contributed by atoms with Crippen LogP contribution in [0.5, 0.6) is 0 Å². The average molecular weight is 248 g/mol. The summed E-state index contributed by atoms with van der Waals surface area (Å²) in [5.41, 5.74) is 1.97. The molecule has 5 nitrogen and oxygen atoms in total. The van der Waals surface area contributed by atoms with Gasteiger partial charge in [0.05, 0.1) is 0 Å². The summed E-state index contributed by atoms with van der Waals surface area (Å²) >= 11 is 0. The first-order valence-electron chi connectivity index (χ1n) is 5.73. The van der Waals surface area contributed by atoms with Crippen molar-refractivity contribution in [2.24, 2.45) is 0 Å². The Labute approximate surface area is 105 Å².